The van der Waals surface area contributed by atoms with Gasteiger partial charge in [0.25, 0.3) is 0 Å². The lowest BCUT2D eigenvalue weighted by Crippen LogP contribution is -2.46. The van der Waals surface area contributed by atoms with Crippen molar-refractivity contribution in [3.8, 4) is 11.3 Å². The number of hydrogen-bond acceptors (Lipinski definition) is 4. The molecule has 0 spiro atoms. The van der Waals surface area contributed by atoms with Crippen LogP contribution in [0.2, 0.25) is 0 Å². The molecule has 0 saturated carbocycles. The zero-order valence-electron chi connectivity index (χ0n) is 14.0. The van der Waals surface area contributed by atoms with Crippen LogP contribution in [-0.2, 0) is 6.54 Å². The molecule has 128 valence electrons. The van der Waals surface area contributed by atoms with Crippen molar-refractivity contribution >= 4 is 11.3 Å². The highest BCUT2D eigenvalue weighted by atomic mass is 32.1. The lowest BCUT2D eigenvalue weighted by atomic mass is 10.0. The Morgan fingerprint density at radius 2 is 1.88 bits per heavy atom. The number of thiazole rings is 1. The molecule has 1 aromatic heterocycles. The molecule has 1 unspecified atom stereocenters. The average Bonchev–Trinajstić information content (AvgIpc) is 3.28. The Morgan fingerprint density at radius 1 is 1.08 bits per heavy atom. The summed E-state index contributed by atoms with van der Waals surface area (Å²) in [7, 11) is 0. The van der Waals surface area contributed by atoms with Gasteiger partial charge in [-0.2, -0.15) is 0 Å². The molecule has 1 atom stereocenters. The van der Waals surface area contributed by atoms with E-state index in [1.54, 1.807) is 23.5 Å². The summed E-state index contributed by atoms with van der Waals surface area (Å²) in [4.78, 5) is 10.0. The van der Waals surface area contributed by atoms with E-state index in [9.17, 15) is 4.39 Å². The number of hydrogen-bond donors (Lipinski definition) is 0. The highest BCUT2D eigenvalue weighted by Gasteiger charge is 2.27. The predicted molar refractivity (Wildman–Crippen MR) is 96.6 cm³/mol. The first-order chi connectivity index (χ1) is 11.8. The van der Waals surface area contributed by atoms with Gasteiger partial charge in [0.15, 0.2) is 0 Å². The number of benzene rings is 1. The number of rotatable bonds is 4. The van der Waals surface area contributed by atoms with Gasteiger partial charge in [-0.1, -0.05) is 0 Å². The number of nitrogens with zero attached hydrogens (tertiary/aromatic N) is 3. The maximum atomic E-state index is 13.1. The molecule has 0 N–H and O–H groups in total. The van der Waals surface area contributed by atoms with E-state index >= 15 is 0 Å². The van der Waals surface area contributed by atoms with E-state index in [2.05, 4.69) is 15.2 Å². The Morgan fingerprint density at radius 3 is 2.67 bits per heavy atom. The van der Waals surface area contributed by atoms with Crippen molar-refractivity contribution in [3.63, 3.8) is 0 Å². The zero-order valence-corrected chi connectivity index (χ0v) is 14.8. The van der Waals surface area contributed by atoms with Crippen molar-refractivity contribution < 1.29 is 4.39 Å². The van der Waals surface area contributed by atoms with Crippen LogP contribution in [0.4, 0.5) is 4.39 Å². The molecular formula is C19H24FN3S. The molecule has 2 aliphatic rings. The Hall–Kier alpha value is -1.30. The molecule has 4 rings (SSSR count). The van der Waals surface area contributed by atoms with Crippen LogP contribution in [0, 0.1) is 5.82 Å². The second kappa shape index (κ2) is 7.30. The van der Waals surface area contributed by atoms with Crippen molar-refractivity contribution in [2.24, 2.45) is 0 Å². The molecule has 3 nitrogen and oxygen atoms in total. The first-order valence-corrected chi connectivity index (χ1v) is 9.83. The van der Waals surface area contributed by atoms with Crippen LogP contribution in [0.25, 0.3) is 11.3 Å². The SMILES string of the molecule is Fc1ccc(-c2csc(CN3CCCC(N4CCCC4)C3)n2)cc1. The highest BCUT2D eigenvalue weighted by molar-refractivity contribution is 7.09. The van der Waals surface area contributed by atoms with E-state index in [4.69, 9.17) is 4.98 Å². The van der Waals surface area contributed by atoms with Gasteiger partial charge in [-0.15, -0.1) is 11.3 Å². The molecule has 24 heavy (non-hydrogen) atoms. The number of aromatic nitrogens is 1. The molecule has 2 aliphatic heterocycles. The Balaban J connectivity index is 1.39. The lowest BCUT2D eigenvalue weighted by Gasteiger charge is -2.37. The zero-order chi connectivity index (χ0) is 16.4. The van der Waals surface area contributed by atoms with Gasteiger partial charge in [-0.3, -0.25) is 9.80 Å². The molecule has 2 saturated heterocycles. The third-order valence-corrected chi connectivity index (χ3v) is 6.02. The van der Waals surface area contributed by atoms with Crippen LogP contribution >= 0.6 is 11.3 Å². The smallest absolute Gasteiger partial charge is 0.123 e. The van der Waals surface area contributed by atoms with E-state index in [-0.39, 0.29) is 5.82 Å². The van der Waals surface area contributed by atoms with Gasteiger partial charge < -0.3 is 0 Å². The van der Waals surface area contributed by atoms with E-state index in [1.165, 1.54) is 64.0 Å². The molecule has 2 aromatic rings. The van der Waals surface area contributed by atoms with Crippen molar-refractivity contribution in [2.75, 3.05) is 26.2 Å². The number of halogens is 1. The van der Waals surface area contributed by atoms with Crippen LogP contribution in [0.15, 0.2) is 29.6 Å². The maximum absolute atomic E-state index is 13.1. The van der Waals surface area contributed by atoms with Gasteiger partial charge in [0.05, 0.1) is 12.2 Å². The summed E-state index contributed by atoms with van der Waals surface area (Å²) in [5.41, 5.74) is 1.95. The van der Waals surface area contributed by atoms with Gasteiger partial charge in [0.1, 0.15) is 10.8 Å². The Kier molecular flexibility index (Phi) is 4.92. The van der Waals surface area contributed by atoms with E-state index < -0.39 is 0 Å². The molecule has 2 fully saturated rings. The largest absolute Gasteiger partial charge is 0.299 e. The lowest BCUT2D eigenvalue weighted by molar-refractivity contribution is 0.110. The van der Waals surface area contributed by atoms with Crippen molar-refractivity contribution in [2.45, 2.75) is 38.3 Å². The van der Waals surface area contributed by atoms with E-state index in [1.807, 2.05) is 0 Å². The fourth-order valence-corrected chi connectivity index (χ4v) is 4.75. The summed E-state index contributed by atoms with van der Waals surface area (Å²) >= 11 is 1.72. The summed E-state index contributed by atoms with van der Waals surface area (Å²) < 4.78 is 13.1. The Labute approximate surface area is 147 Å². The molecule has 0 bridgehead atoms. The quantitative estimate of drug-likeness (QED) is 0.835. The third kappa shape index (κ3) is 3.68. The van der Waals surface area contributed by atoms with Crippen LogP contribution in [-0.4, -0.2) is 47.0 Å². The van der Waals surface area contributed by atoms with Crippen LogP contribution in [0.5, 0.6) is 0 Å². The van der Waals surface area contributed by atoms with Gasteiger partial charge in [0.2, 0.25) is 0 Å². The predicted octanol–water partition coefficient (Wildman–Crippen LogP) is 4.01. The Bertz CT molecular complexity index is 664. The van der Waals surface area contributed by atoms with E-state index in [0.717, 1.165) is 28.9 Å². The van der Waals surface area contributed by atoms with Gasteiger partial charge in [-0.25, -0.2) is 9.37 Å². The fourth-order valence-electron chi connectivity index (χ4n) is 3.91. The molecule has 0 amide bonds. The summed E-state index contributed by atoms with van der Waals surface area (Å²) in [6.07, 6.45) is 5.36. The minimum absolute atomic E-state index is 0.199. The maximum Gasteiger partial charge on any atom is 0.123 e. The third-order valence-electron chi connectivity index (χ3n) is 5.19. The van der Waals surface area contributed by atoms with Crippen LogP contribution in [0.3, 0.4) is 0 Å². The topological polar surface area (TPSA) is 19.4 Å². The fraction of sp³-hybridized carbons (Fsp3) is 0.526. The molecule has 0 aliphatic carbocycles. The average molecular weight is 345 g/mol. The molecule has 1 aromatic carbocycles. The van der Waals surface area contributed by atoms with Crippen molar-refractivity contribution in [3.05, 3.63) is 40.5 Å². The van der Waals surface area contributed by atoms with Crippen LogP contribution in [0.1, 0.15) is 30.7 Å². The summed E-state index contributed by atoms with van der Waals surface area (Å²) in [6, 6.07) is 7.34. The minimum atomic E-state index is -0.199. The second-order valence-electron chi connectivity index (χ2n) is 6.91. The highest BCUT2D eigenvalue weighted by Crippen LogP contribution is 2.25. The monoisotopic (exact) mass is 345 g/mol. The number of likely N-dealkylation sites (tertiary alicyclic amines) is 2. The normalized spacial score (nSPS) is 23.0. The molecule has 5 heteroatoms. The van der Waals surface area contributed by atoms with Gasteiger partial charge >= 0.3 is 0 Å². The number of piperidine rings is 1. The van der Waals surface area contributed by atoms with Crippen molar-refractivity contribution in [1.82, 2.24) is 14.8 Å². The summed E-state index contributed by atoms with van der Waals surface area (Å²) in [6.45, 7) is 5.85. The minimum Gasteiger partial charge on any atom is -0.299 e. The summed E-state index contributed by atoms with van der Waals surface area (Å²) in [5.74, 6) is -0.199. The first-order valence-electron chi connectivity index (χ1n) is 8.95. The van der Waals surface area contributed by atoms with Gasteiger partial charge in [-0.05, 0) is 69.6 Å². The molecular weight excluding hydrogens is 321 g/mol. The first kappa shape index (κ1) is 16.2. The van der Waals surface area contributed by atoms with E-state index in [0.29, 0.717) is 0 Å². The summed E-state index contributed by atoms with van der Waals surface area (Å²) in [5, 5.41) is 3.25. The van der Waals surface area contributed by atoms with Gasteiger partial charge in [0, 0.05) is 23.5 Å². The molecule has 3 heterocycles. The second-order valence-corrected chi connectivity index (χ2v) is 7.85. The van der Waals surface area contributed by atoms with Crippen LogP contribution < -0.4 is 0 Å². The molecule has 0 radical (unpaired) electrons. The van der Waals surface area contributed by atoms with Crippen molar-refractivity contribution in [1.29, 1.82) is 0 Å². The standard InChI is InChI=1S/C19H24FN3S/c20-16-7-5-15(6-8-16)18-14-24-19(21-18)13-22-9-3-4-17(12-22)23-10-1-2-11-23/h5-8,14,17H,1-4,9-13H2.